The summed E-state index contributed by atoms with van der Waals surface area (Å²) in [5.41, 5.74) is 0. The van der Waals surface area contributed by atoms with Gasteiger partial charge in [-0.1, -0.05) is 10.7 Å². The highest BCUT2D eigenvalue weighted by Crippen LogP contribution is 2.42. The van der Waals surface area contributed by atoms with Crippen molar-refractivity contribution in [1.82, 2.24) is 0 Å². The molecule has 1 heterocycles. The zero-order chi connectivity index (χ0) is 13.4. The largest absolute Gasteiger partial charge is 0.311 e. The van der Waals surface area contributed by atoms with Crippen molar-refractivity contribution in [2.75, 3.05) is 19.8 Å². The van der Waals surface area contributed by atoms with E-state index in [1.165, 1.54) is 0 Å². The lowest BCUT2D eigenvalue weighted by molar-refractivity contribution is -1.09. The number of hydrogen-bond acceptors (Lipinski definition) is 4. The van der Waals surface area contributed by atoms with E-state index >= 15 is 0 Å². The van der Waals surface area contributed by atoms with Gasteiger partial charge in [0.05, 0.1) is 6.26 Å². The van der Waals surface area contributed by atoms with E-state index in [0.29, 0.717) is 6.54 Å². The summed E-state index contributed by atoms with van der Waals surface area (Å²) in [6, 6.07) is 0.137. The minimum Gasteiger partial charge on any atom is -0.303 e. The molecular formula is C12H22NO4S+. The third-order valence-electron chi connectivity index (χ3n) is 4.42. The molecule has 4 atom stereocenters. The first-order chi connectivity index (χ1) is 8.36. The Kier molecular flexibility index (Phi) is 3.80. The van der Waals surface area contributed by atoms with E-state index in [2.05, 4.69) is 0 Å². The predicted molar refractivity (Wildman–Crippen MR) is 66.9 cm³/mol. The molecule has 1 saturated carbocycles. The van der Waals surface area contributed by atoms with Gasteiger partial charge in [-0.3, -0.25) is 0 Å². The van der Waals surface area contributed by atoms with Crippen molar-refractivity contribution in [3.63, 3.8) is 0 Å². The second kappa shape index (κ2) is 4.90. The van der Waals surface area contributed by atoms with E-state index in [1.807, 2.05) is 7.05 Å². The van der Waals surface area contributed by atoms with Gasteiger partial charge in [-0.05, 0) is 12.8 Å². The average Bonchev–Trinajstić information content (AvgIpc) is 2.27. The van der Waals surface area contributed by atoms with Crippen molar-refractivity contribution in [2.45, 2.75) is 38.1 Å². The van der Waals surface area contributed by atoms with Gasteiger partial charge >= 0.3 is 10.1 Å². The maximum Gasteiger partial charge on any atom is 0.311 e. The molecule has 1 aliphatic carbocycles. The number of carbonyl (C=O) groups is 1. The molecule has 104 valence electrons. The normalized spacial score (nSPS) is 41.1. The van der Waals surface area contributed by atoms with Crippen LogP contribution in [0.4, 0.5) is 0 Å². The second-order valence-electron chi connectivity index (χ2n) is 5.78. The third kappa shape index (κ3) is 2.75. The summed E-state index contributed by atoms with van der Waals surface area (Å²) in [4.78, 5) is 11.1. The summed E-state index contributed by atoms with van der Waals surface area (Å²) in [7, 11) is -1.63. The molecule has 2 rings (SSSR count). The molecule has 6 heteroatoms. The lowest BCUT2D eigenvalue weighted by Crippen LogP contribution is -2.62. The second-order valence-corrected chi connectivity index (χ2v) is 7.34. The number of likely N-dealkylation sites (tertiary alicyclic amines) is 1. The van der Waals surface area contributed by atoms with Crippen LogP contribution in [0.2, 0.25) is 0 Å². The van der Waals surface area contributed by atoms with E-state index in [-0.39, 0.29) is 22.5 Å². The maximum absolute atomic E-state index is 11.4. The first kappa shape index (κ1) is 14.0. The number of rotatable bonds is 3. The molecule has 0 N–H and O–H groups in total. The molecule has 0 aromatic heterocycles. The minimum absolute atomic E-state index is 0.0738. The number of fused-ring (bicyclic) bond motifs is 1. The number of nitrogens with zero attached hydrogens (tertiary/aromatic N) is 1. The van der Waals surface area contributed by atoms with Gasteiger partial charge in [0.1, 0.15) is 25.9 Å². The summed E-state index contributed by atoms with van der Waals surface area (Å²) < 4.78 is 28.3. The fourth-order valence-electron chi connectivity index (χ4n) is 3.67. The van der Waals surface area contributed by atoms with E-state index in [9.17, 15) is 13.2 Å². The molecule has 0 aromatic rings. The highest BCUT2D eigenvalue weighted by Gasteiger charge is 2.51. The number of piperidine rings is 1. The van der Waals surface area contributed by atoms with Crippen LogP contribution in [0.25, 0.3) is 0 Å². The topological polar surface area (TPSA) is 60.4 Å². The van der Waals surface area contributed by atoms with Crippen molar-refractivity contribution >= 4 is 16.4 Å². The van der Waals surface area contributed by atoms with Gasteiger partial charge in [-0.15, -0.1) is 0 Å². The molecule has 1 aliphatic heterocycles. The van der Waals surface area contributed by atoms with E-state index in [1.54, 1.807) is 0 Å². The average molecular weight is 276 g/mol. The molecule has 0 spiro atoms. The maximum atomic E-state index is 11.4. The molecule has 2 aliphatic rings. The molecule has 5 nitrogen and oxygen atoms in total. The van der Waals surface area contributed by atoms with Crippen molar-refractivity contribution in [1.29, 1.82) is 0 Å². The zero-order valence-electron chi connectivity index (χ0n) is 11.0. The van der Waals surface area contributed by atoms with Gasteiger partial charge < -0.3 is 4.79 Å². The van der Waals surface area contributed by atoms with Gasteiger partial charge in [-0.2, -0.15) is 13.1 Å². The Morgan fingerprint density at radius 2 is 1.89 bits per heavy atom. The Morgan fingerprint density at radius 3 is 2.50 bits per heavy atom. The Morgan fingerprint density at radius 1 is 1.22 bits per heavy atom. The SMILES string of the molecule is C[N+]1(OS(C)(=O)=O)CCC(C=O)C2CCCCC21. The van der Waals surface area contributed by atoms with Crippen LogP contribution in [-0.2, 0) is 19.2 Å². The highest BCUT2D eigenvalue weighted by molar-refractivity contribution is 7.85. The lowest BCUT2D eigenvalue weighted by atomic mass is 9.72. The quantitative estimate of drug-likeness (QED) is 0.572. The molecule has 18 heavy (non-hydrogen) atoms. The Bertz CT molecular complexity index is 422. The summed E-state index contributed by atoms with van der Waals surface area (Å²) in [6.45, 7) is 0.595. The lowest BCUT2D eigenvalue weighted by Gasteiger charge is -2.48. The number of carbonyl (C=O) groups excluding carboxylic acids is 1. The minimum atomic E-state index is -3.47. The summed E-state index contributed by atoms with van der Waals surface area (Å²) in [5.74, 6) is 0.349. The van der Waals surface area contributed by atoms with Crippen LogP contribution in [0.5, 0.6) is 0 Å². The standard InChI is InChI=1S/C12H22NO4S/c1-13(17-18(2,15)16)8-7-10(9-14)11-5-3-4-6-12(11)13/h9-12H,3-8H2,1-2H3/q+1. The molecule has 1 saturated heterocycles. The van der Waals surface area contributed by atoms with Crippen LogP contribution in [0.15, 0.2) is 0 Å². The van der Waals surface area contributed by atoms with Crippen LogP contribution < -0.4 is 0 Å². The van der Waals surface area contributed by atoms with Gasteiger partial charge in [-0.25, -0.2) is 0 Å². The molecule has 0 bridgehead atoms. The van der Waals surface area contributed by atoms with E-state index in [4.69, 9.17) is 4.28 Å². The van der Waals surface area contributed by atoms with Crippen LogP contribution in [-0.4, -0.2) is 45.2 Å². The van der Waals surface area contributed by atoms with Crippen molar-refractivity contribution < 1.29 is 22.1 Å². The first-order valence-electron chi connectivity index (χ1n) is 6.57. The third-order valence-corrected chi connectivity index (χ3v) is 5.03. The van der Waals surface area contributed by atoms with Crippen LogP contribution in [0.3, 0.4) is 0 Å². The molecule has 2 fully saturated rings. The molecule has 0 radical (unpaired) electrons. The Balaban J connectivity index is 2.24. The summed E-state index contributed by atoms with van der Waals surface area (Å²) in [5, 5.41) is 0. The van der Waals surface area contributed by atoms with Crippen LogP contribution >= 0.6 is 0 Å². The monoisotopic (exact) mass is 276 g/mol. The molecular weight excluding hydrogens is 254 g/mol. The van der Waals surface area contributed by atoms with Crippen molar-refractivity contribution in [2.24, 2.45) is 11.8 Å². The summed E-state index contributed by atoms with van der Waals surface area (Å²) in [6.07, 6.45) is 7.04. The van der Waals surface area contributed by atoms with Gasteiger partial charge in [0.15, 0.2) is 0 Å². The van der Waals surface area contributed by atoms with E-state index in [0.717, 1.165) is 44.6 Å². The zero-order valence-corrected chi connectivity index (χ0v) is 11.9. The fraction of sp³-hybridized carbons (Fsp3) is 0.917. The Labute approximate surface area is 109 Å². The summed E-state index contributed by atoms with van der Waals surface area (Å²) >= 11 is 0. The van der Waals surface area contributed by atoms with Crippen LogP contribution in [0.1, 0.15) is 32.1 Å². The fourth-order valence-corrected chi connectivity index (χ4v) is 4.48. The smallest absolute Gasteiger partial charge is 0.303 e. The molecule has 0 aromatic carbocycles. The number of hydroxylamine groups is 3. The van der Waals surface area contributed by atoms with Crippen molar-refractivity contribution in [3.05, 3.63) is 0 Å². The van der Waals surface area contributed by atoms with E-state index < -0.39 is 10.1 Å². The molecule has 0 amide bonds. The van der Waals surface area contributed by atoms with Crippen LogP contribution in [0, 0.1) is 11.8 Å². The van der Waals surface area contributed by atoms with Gasteiger partial charge in [0.25, 0.3) is 0 Å². The number of aldehydes is 1. The highest BCUT2D eigenvalue weighted by atomic mass is 32.2. The number of hydrogen-bond donors (Lipinski definition) is 0. The first-order valence-corrected chi connectivity index (χ1v) is 8.39. The van der Waals surface area contributed by atoms with Gasteiger partial charge in [0, 0.05) is 24.7 Å². The number of quaternary nitrogens is 1. The molecule has 4 unspecified atom stereocenters. The van der Waals surface area contributed by atoms with Crippen molar-refractivity contribution in [3.8, 4) is 0 Å². The Hall–Kier alpha value is -0.460. The van der Waals surface area contributed by atoms with Gasteiger partial charge in [0.2, 0.25) is 0 Å². The predicted octanol–water partition coefficient (Wildman–Crippen LogP) is 1.10.